The SMILES string of the molecule is CC(=O)N(C)CCC(=O)Nc1cc(Cl)cc(CN2CCN(C(=O)C3CCCC3)C(C)C2)c1C. The van der Waals surface area contributed by atoms with E-state index in [0.29, 0.717) is 23.2 Å². The number of hydrogen-bond donors (Lipinski definition) is 1. The van der Waals surface area contributed by atoms with Gasteiger partial charge in [-0.1, -0.05) is 24.4 Å². The summed E-state index contributed by atoms with van der Waals surface area (Å²) in [6.45, 7) is 9.10. The summed E-state index contributed by atoms with van der Waals surface area (Å²) >= 11 is 6.38. The molecule has 1 atom stereocenters. The lowest BCUT2D eigenvalue weighted by Crippen LogP contribution is -2.54. The first kappa shape index (κ1) is 25.5. The number of carbonyl (C=O) groups is 3. The number of hydrogen-bond acceptors (Lipinski definition) is 4. The van der Waals surface area contributed by atoms with E-state index in [1.807, 2.05) is 13.0 Å². The van der Waals surface area contributed by atoms with Gasteiger partial charge in [0.1, 0.15) is 0 Å². The average Bonchev–Trinajstić information content (AvgIpc) is 3.30. The van der Waals surface area contributed by atoms with Gasteiger partial charge in [-0.15, -0.1) is 0 Å². The van der Waals surface area contributed by atoms with Crippen LogP contribution in [0.3, 0.4) is 0 Å². The number of nitrogens with one attached hydrogen (secondary N) is 1. The van der Waals surface area contributed by atoms with Gasteiger partial charge >= 0.3 is 0 Å². The Bertz CT molecular complexity index is 885. The van der Waals surface area contributed by atoms with Gasteiger partial charge in [0, 0.05) is 75.8 Å². The largest absolute Gasteiger partial charge is 0.345 e. The summed E-state index contributed by atoms with van der Waals surface area (Å²) < 4.78 is 0. The third-order valence-corrected chi connectivity index (χ3v) is 7.28. The maximum Gasteiger partial charge on any atom is 0.226 e. The van der Waals surface area contributed by atoms with E-state index in [0.717, 1.165) is 50.1 Å². The first-order valence-corrected chi connectivity index (χ1v) is 12.4. The first-order chi connectivity index (χ1) is 15.7. The Morgan fingerprint density at radius 1 is 1.18 bits per heavy atom. The molecule has 1 heterocycles. The predicted molar refractivity (Wildman–Crippen MR) is 131 cm³/mol. The second kappa shape index (κ2) is 11.3. The van der Waals surface area contributed by atoms with Crippen molar-refractivity contribution in [2.45, 2.75) is 65.5 Å². The van der Waals surface area contributed by atoms with Crippen LogP contribution in [-0.4, -0.2) is 71.7 Å². The van der Waals surface area contributed by atoms with Gasteiger partial charge < -0.3 is 15.1 Å². The Kier molecular flexibility index (Phi) is 8.76. The van der Waals surface area contributed by atoms with Crippen molar-refractivity contribution in [2.75, 3.05) is 38.5 Å². The highest BCUT2D eigenvalue weighted by atomic mass is 35.5. The fourth-order valence-corrected chi connectivity index (χ4v) is 5.06. The minimum absolute atomic E-state index is 0.0664. The summed E-state index contributed by atoms with van der Waals surface area (Å²) in [5.41, 5.74) is 2.77. The van der Waals surface area contributed by atoms with Crippen molar-refractivity contribution in [3.8, 4) is 0 Å². The van der Waals surface area contributed by atoms with Gasteiger partial charge in [-0.25, -0.2) is 0 Å². The Hall–Kier alpha value is -2.12. The fourth-order valence-electron chi connectivity index (χ4n) is 4.82. The Balaban J connectivity index is 1.60. The van der Waals surface area contributed by atoms with E-state index in [4.69, 9.17) is 11.6 Å². The van der Waals surface area contributed by atoms with Crippen LogP contribution in [0.25, 0.3) is 0 Å². The molecule has 0 aromatic heterocycles. The second-order valence-corrected chi connectivity index (χ2v) is 10.0. The monoisotopic (exact) mass is 476 g/mol. The number of rotatable bonds is 7. The molecule has 2 aliphatic rings. The van der Waals surface area contributed by atoms with Crippen molar-refractivity contribution in [1.29, 1.82) is 0 Å². The molecule has 3 amide bonds. The van der Waals surface area contributed by atoms with Crippen molar-refractivity contribution in [2.24, 2.45) is 5.92 Å². The molecule has 1 saturated heterocycles. The molecule has 1 aliphatic carbocycles. The molecule has 2 fully saturated rings. The van der Waals surface area contributed by atoms with Crippen molar-refractivity contribution >= 4 is 35.0 Å². The Labute approximate surface area is 202 Å². The van der Waals surface area contributed by atoms with E-state index in [1.54, 1.807) is 13.1 Å². The Morgan fingerprint density at radius 2 is 1.88 bits per heavy atom. The zero-order chi connectivity index (χ0) is 24.1. The summed E-state index contributed by atoms with van der Waals surface area (Å²) in [4.78, 5) is 42.6. The molecule has 1 aromatic rings. The van der Waals surface area contributed by atoms with Crippen LogP contribution in [0.5, 0.6) is 0 Å². The lowest BCUT2D eigenvalue weighted by atomic mass is 10.0. The van der Waals surface area contributed by atoms with Crippen LogP contribution >= 0.6 is 11.6 Å². The van der Waals surface area contributed by atoms with Gasteiger partial charge in [-0.05, 0) is 49.9 Å². The number of benzene rings is 1. The highest BCUT2D eigenvalue weighted by Gasteiger charge is 2.33. The number of piperazine rings is 1. The quantitative estimate of drug-likeness (QED) is 0.651. The molecule has 1 N–H and O–H groups in total. The van der Waals surface area contributed by atoms with Gasteiger partial charge in [-0.3, -0.25) is 19.3 Å². The summed E-state index contributed by atoms with van der Waals surface area (Å²) in [5.74, 6) is 0.338. The zero-order valence-electron chi connectivity index (χ0n) is 20.3. The van der Waals surface area contributed by atoms with Crippen LogP contribution in [0.2, 0.25) is 5.02 Å². The van der Waals surface area contributed by atoms with Gasteiger partial charge in [0.15, 0.2) is 0 Å². The van der Waals surface area contributed by atoms with Crippen LogP contribution < -0.4 is 5.32 Å². The van der Waals surface area contributed by atoms with Gasteiger partial charge in [0.2, 0.25) is 17.7 Å². The summed E-state index contributed by atoms with van der Waals surface area (Å²) in [7, 11) is 1.68. The maximum absolute atomic E-state index is 12.9. The van der Waals surface area contributed by atoms with Crippen molar-refractivity contribution in [3.63, 3.8) is 0 Å². The second-order valence-electron chi connectivity index (χ2n) is 9.57. The Morgan fingerprint density at radius 3 is 2.52 bits per heavy atom. The maximum atomic E-state index is 12.9. The number of nitrogens with zero attached hydrogens (tertiary/aromatic N) is 3. The minimum atomic E-state index is -0.146. The number of carbonyl (C=O) groups excluding carboxylic acids is 3. The molecule has 1 saturated carbocycles. The zero-order valence-corrected chi connectivity index (χ0v) is 21.1. The lowest BCUT2D eigenvalue weighted by Gasteiger charge is -2.41. The number of halogens is 1. The standard InChI is InChI=1S/C25H37ClN4O3/c1-17-15-29(11-12-30(17)25(33)20-7-5-6-8-20)16-21-13-22(26)14-23(18(21)2)27-24(32)9-10-28(4)19(3)31/h13-14,17,20H,5-12,15-16H2,1-4H3,(H,27,32). The lowest BCUT2D eigenvalue weighted by molar-refractivity contribution is -0.140. The van der Waals surface area contributed by atoms with E-state index in [1.165, 1.54) is 24.7 Å². The number of anilines is 1. The van der Waals surface area contributed by atoms with Crippen molar-refractivity contribution in [3.05, 3.63) is 28.3 Å². The fraction of sp³-hybridized carbons (Fsp3) is 0.640. The molecule has 1 aliphatic heterocycles. The van der Waals surface area contributed by atoms with E-state index in [-0.39, 0.29) is 30.2 Å². The van der Waals surface area contributed by atoms with Gasteiger partial charge in [-0.2, -0.15) is 0 Å². The average molecular weight is 477 g/mol. The molecule has 182 valence electrons. The van der Waals surface area contributed by atoms with E-state index >= 15 is 0 Å². The summed E-state index contributed by atoms with van der Waals surface area (Å²) in [6.07, 6.45) is 4.64. The molecule has 3 rings (SSSR count). The first-order valence-electron chi connectivity index (χ1n) is 12.0. The van der Waals surface area contributed by atoms with E-state index in [2.05, 4.69) is 22.0 Å². The molecule has 1 unspecified atom stereocenters. The molecule has 0 bridgehead atoms. The van der Waals surface area contributed by atoms with Gasteiger partial charge in [0.05, 0.1) is 0 Å². The molecular formula is C25H37ClN4O3. The van der Waals surface area contributed by atoms with Crippen LogP contribution in [-0.2, 0) is 20.9 Å². The van der Waals surface area contributed by atoms with Crippen molar-refractivity contribution < 1.29 is 14.4 Å². The summed E-state index contributed by atoms with van der Waals surface area (Å²) in [6, 6.07) is 3.91. The van der Waals surface area contributed by atoms with Crippen LogP contribution in [0, 0.1) is 12.8 Å². The number of amides is 3. The highest BCUT2D eigenvalue weighted by molar-refractivity contribution is 6.31. The predicted octanol–water partition coefficient (Wildman–Crippen LogP) is 3.68. The van der Waals surface area contributed by atoms with Crippen LogP contribution in [0.15, 0.2) is 12.1 Å². The third-order valence-electron chi connectivity index (χ3n) is 7.06. The van der Waals surface area contributed by atoms with Crippen LogP contribution in [0.4, 0.5) is 5.69 Å². The summed E-state index contributed by atoms with van der Waals surface area (Å²) in [5, 5.41) is 3.53. The molecule has 7 nitrogen and oxygen atoms in total. The third kappa shape index (κ3) is 6.70. The molecule has 1 aromatic carbocycles. The highest BCUT2D eigenvalue weighted by Crippen LogP contribution is 2.29. The minimum Gasteiger partial charge on any atom is -0.345 e. The molecule has 33 heavy (non-hydrogen) atoms. The molecule has 8 heteroatoms. The van der Waals surface area contributed by atoms with E-state index < -0.39 is 0 Å². The van der Waals surface area contributed by atoms with E-state index in [9.17, 15) is 14.4 Å². The smallest absolute Gasteiger partial charge is 0.226 e. The van der Waals surface area contributed by atoms with Crippen LogP contribution in [0.1, 0.15) is 57.1 Å². The molecular weight excluding hydrogens is 440 g/mol. The molecule has 0 radical (unpaired) electrons. The normalized spacial score (nSPS) is 19.5. The van der Waals surface area contributed by atoms with Gasteiger partial charge in [0.25, 0.3) is 0 Å². The molecule has 0 spiro atoms. The van der Waals surface area contributed by atoms with Crippen molar-refractivity contribution in [1.82, 2.24) is 14.7 Å². The topological polar surface area (TPSA) is 73.0 Å².